The van der Waals surface area contributed by atoms with Gasteiger partial charge in [0.25, 0.3) is 0 Å². The van der Waals surface area contributed by atoms with Crippen molar-refractivity contribution in [3.8, 4) is 5.75 Å². The molecular weight excluding hydrogens is 352 g/mol. The van der Waals surface area contributed by atoms with Crippen LogP contribution in [-0.2, 0) is 6.61 Å². The van der Waals surface area contributed by atoms with Gasteiger partial charge in [-0.05, 0) is 68.6 Å². The van der Waals surface area contributed by atoms with Gasteiger partial charge in [-0.2, -0.15) is 0 Å². The summed E-state index contributed by atoms with van der Waals surface area (Å²) < 4.78 is 7.87. The Morgan fingerprint density at radius 1 is 1.19 bits per heavy atom. The minimum Gasteiger partial charge on any atom is -0.487 e. The zero-order valence-electron chi connectivity index (χ0n) is 8.67. The maximum Gasteiger partial charge on any atom is 0.134 e. The van der Waals surface area contributed by atoms with E-state index in [4.69, 9.17) is 4.74 Å². The maximum atomic E-state index is 5.73. The second kappa shape index (κ2) is 5.34. The standard InChI is InChI=1S/C12H10Br2OS/c1-8-2-4-11(10(13)6-8)15-7-9-3-5-12(14)16-9/h2-6H,7H2,1H3. The lowest BCUT2D eigenvalue weighted by Gasteiger charge is -2.07. The predicted molar refractivity (Wildman–Crippen MR) is 75.2 cm³/mol. The van der Waals surface area contributed by atoms with E-state index in [0.717, 1.165) is 14.0 Å². The third-order valence-electron chi connectivity index (χ3n) is 2.09. The Morgan fingerprint density at radius 2 is 2.00 bits per heavy atom. The maximum absolute atomic E-state index is 5.73. The fraction of sp³-hybridized carbons (Fsp3) is 0.167. The van der Waals surface area contributed by atoms with Crippen LogP contribution in [0, 0.1) is 6.92 Å². The normalized spacial score (nSPS) is 10.4. The molecular formula is C12H10Br2OS. The fourth-order valence-electron chi connectivity index (χ4n) is 1.30. The number of aryl methyl sites for hydroxylation is 1. The van der Waals surface area contributed by atoms with Crippen LogP contribution < -0.4 is 4.74 Å². The Kier molecular flexibility index (Phi) is 4.05. The fourth-order valence-corrected chi connectivity index (χ4v) is 3.31. The predicted octanol–water partition coefficient (Wildman–Crippen LogP) is 5.16. The summed E-state index contributed by atoms with van der Waals surface area (Å²) in [5.74, 6) is 0.884. The topological polar surface area (TPSA) is 9.23 Å². The first-order valence-corrected chi connectivity index (χ1v) is 7.18. The van der Waals surface area contributed by atoms with Crippen molar-refractivity contribution in [2.75, 3.05) is 0 Å². The molecule has 0 aliphatic heterocycles. The number of hydrogen-bond acceptors (Lipinski definition) is 2. The van der Waals surface area contributed by atoms with E-state index in [-0.39, 0.29) is 0 Å². The molecule has 1 heterocycles. The van der Waals surface area contributed by atoms with Crippen molar-refractivity contribution in [1.82, 2.24) is 0 Å². The van der Waals surface area contributed by atoms with Crippen LogP contribution in [-0.4, -0.2) is 0 Å². The summed E-state index contributed by atoms with van der Waals surface area (Å²) in [6.45, 7) is 2.67. The molecule has 2 aromatic rings. The van der Waals surface area contributed by atoms with E-state index in [0.29, 0.717) is 6.61 Å². The number of benzene rings is 1. The molecule has 16 heavy (non-hydrogen) atoms. The molecule has 0 aliphatic carbocycles. The summed E-state index contributed by atoms with van der Waals surface area (Å²) in [7, 11) is 0. The monoisotopic (exact) mass is 360 g/mol. The minimum absolute atomic E-state index is 0.609. The van der Waals surface area contributed by atoms with Crippen molar-refractivity contribution < 1.29 is 4.74 Å². The second-order valence-corrected chi connectivity index (χ2v) is 6.83. The highest BCUT2D eigenvalue weighted by Crippen LogP contribution is 2.28. The molecule has 0 amide bonds. The molecule has 0 saturated carbocycles. The van der Waals surface area contributed by atoms with Crippen LogP contribution in [0.15, 0.2) is 38.6 Å². The lowest BCUT2D eigenvalue weighted by molar-refractivity contribution is 0.308. The zero-order chi connectivity index (χ0) is 11.5. The van der Waals surface area contributed by atoms with Gasteiger partial charge < -0.3 is 4.74 Å². The van der Waals surface area contributed by atoms with Gasteiger partial charge in [-0.25, -0.2) is 0 Å². The summed E-state index contributed by atoms with van der Waals surface area (Å²) in [5, 5.41) is 0. The third kappa shape index (κ3) is 3.09. The Labute approximate surface area is 116 Å². The number of rotatable bonds is 3. The summed E-state index contributed by atoms with van der Waals surface area (Å²) in [6, 6.07) is 10.2. The summed E-state index contributed by atoms with van der Waals surface area (Å²) in [6.07, 6.45) is 0. The van der Waals surface area contributed by atoms with Crippen LogP contribution in [0.2, 0.25) is 0 Å². The highest BCUT2D eigenvalue weighted by molar-refractivity contribution is 9.11. The van der Waals surface area contributed by atoms with Crippen LogP contribution in [0.4, 0.5) is 0 Å². The van der Waals surface area contributed by atoms with Crippen molar-refractivity contribution in [1.29, 1.82) is 0 Å². The molecule has 0 bridgehead atoms. The molecule has 0 saturated heterocycles. The van der Waals surface area contributed by atoms with Crippen molar-refractivity contribution in [2.45, 2.75) is 13.5 Å². The SMILES string of the molecule is Cc1ccc(OCc2ccc(Br)s2)c(Br)c1. The van der Waals surface area contributed by atoms with E-state index in [2.05, 4.69) is 50.9 Å². The third-order valence-corrected chi connectivity index (χ3v) is 4.30. The van der Waals surface area contributed by atoms with Gasteiger partial charge in [0.2, 0.25) is 0 Å². The molecule has 4 heteroatoms. The van der Waals surface area contributed by atoms with Crippen LogP contribution in [0.3, 0.4) is 0 Å². The molecule has 0 atom stereocenters. The average Bonchev–Trinajstić information content (AvgIpc) is 2.63. The number of halogens is 2. The van der Waals surface area contributed by atoms with Gasteiger partial charge in [-0.1, -0.05) is 6.07 Å². The molecule has 0 N–H and O–H groups in total. The van der Waals surface area contributed by atoms with Gasteiger partial charge >= 0.3 is 0 Å². The molecule has 2 rings (SSSR count). The smallest absolute Gasteiger partial charge is 0.134 e. The van der Waals surface area contributed by atoms with Crippen LogP contribution >= 0.6 is 43.2 Å². The quantitative estimate of drug-likeness (QED) is 0.733. The first-order chi connectivity index (χ1) is 7.65. The Hall–Kier alpha value is -0.320. The van der Waals surface area contributed by atoms with Crippen LogP contribution in [0.5, 0.6) is 5.75 Å². The van der Waals surface area contributed by atoms with Crippen LogP contribution in [0.1, 0.15) is 10.4 Å². The van der Waals surface area contributed by atoms with E-state index in [1.807, 2.05) is 18.2 Å². The summed E-state index contributed by atoms with van der Waals surface area (Å²) >= 11 is 8.62. The number of thiophene rings is 1. The van der Waals surface area contributed by atoms with Gasteiger partial charge in [-0.15, -0.1) is 11.3 Å². The molecule has 1 aromatic carbocycles. The molecule has 0 radical (unpaired) electrons. The molecule has 0 unspecified atom stereocenters. The highest BCUT2D eigenvalue weighted by Gasteiger charge is 2.03. The molecule has 0 aliphatic rings. The van der Waals surface area contributed by atoms with Gasteiger partial charge in [0.15, 0.2) is 0 Å². The van der Waals surface area contributed by atoms with Crippen molar-refractivity contribution >= 4 is 43.2 Å². The van der Waals surface area contributed by atoms with E-state index in [1.165, 1.54) is 10.4 Å². The highest BCUT2D eigenvalue weighted by atomic mass is 79.9. The van der Waals surface area contributed by atoms with Gasteiger partial charge in [0.05, 0.1) is 8.26 Å². The number of ether oxygens (including phenoxy) is 1. The first kappa shape index (κ1) is 12.1. The van der Waals surface area contributed by atoms with Crippen molar-refractivity contribution in [3.05, 3.63) is 49.0 Å². The summed E-state index contributed by atoms with van der Waals surface area (Å²) in [5.41, 5.74) is 1.22. The Morgan fingerprint density at radius 3 is 2.62 bits per heavy atom. The zero-order valence-corrected chi connectivity index (χ0v) is 12.7. The van der Waals surface area contributed by atoms with Gasteiger partial charge in [0, 0.05) is 4.88 Å². The molecule has 0 spiro atoms. The van der Waals surface area contributed by atoms with Gasteiger partial charge in [0.1, 0.15) is 12.4 Å². The van der Waals surface area contributed by atoms with E-state index in [9.17, 15) is 0 Å². The lowest BCUT2D eigenvalue weighted by atomic mass is 10.2. The van der Waals surface area contributed by atoms with E-state index >= 15 is 0 Å². The molecule has 1 nitrogen and oxygen atoms in total. The summed E-state index contributed by atoms with van der Waals surface area (Å²) in [4.78, 5) is 1.21. The molecule has 0 fully saturated rings. The molecule has 84 valence electrons. The van der Waals surface area contributed by atoms with E-state index < -0.39 is 0 Å². The minimum atomic E-state index is 0.609. The largest absolute Gasteiger partial charge is 0.487 e. The Balaban J connectivity index is 2.04. The van der Waals surface area contributed by atoms with Crippen molar-refractivity contribution in [2.24, 2.45) is 0 Å². The van der Waals surface area contributed by atoms with Crippen LogP contribution in [0.25, 0.3) is 0 Å². The second-order valence-electron chi connectivity index (χ2n) is 3.43. The first-order valence-electron chi connectivity index (χ1n) is 4.78. The van der Waals surface area contributed by atoms with Crippen molar-refractivity contribution in [3.63, 3.8) is 0 Å². The Bertz CT molecular complexity index is 494. The van der Waals surface area contributed by atoms with E-state index in [1.54, 1.807) is 11.3 Å². The molecule has 1 aromatic heterocycles. The van der Waals surface area contributed by atoms with Gasteiger partial charge in [-0.3, -0.25) is 0 Å². The lowest BCUT2D eigenvalue weighted by Crippen LogP contribution is -1.93. The average molecular weight is 362 g/mol. The number of hydrogen-bond donors (Lipinski definition) is 0.